The number of nitrogens with zero attached hydrogens (tertiary/aromatic N) is 1. The molecule has 1 saturated heterocycles. The Labute approximate surface area is 160 Å². The smallest absolute Gasteiger partial charge is 0.264 e. The summed E-state index contributed by atoms with van der Waals surface area (Å²) in [6.07, 6.45) is 0.824. The maximum absolute atomic E-state index is 13.3. The third-order valence-electron chi connectivity index (χ3n) is 5.39. The largest absolute Gasteiger partial charge is 1.00 e. The quantitative estimate of drug-likeness (QED) is 0.687. The van der Waals surface area contributed by atoms with Gasteiger partial charge < -0.3 is 17.3 Å². The van der Waals surface area contributed by atoms with Gasteiger partial charge in [0, 0.05) is 6.42 Å². The summed E-state index contributed by atoms with van der Waals surface area (Å²) >= 11 is 0. The van der Waals surface area contributed by atoms with E-state index in [1.54, 1.807) is 4.31 Å². The van der Waals surface area contributed by atoms with E-state index in [0.717, 1.165) is 36.3 Å². The number of halogens is 2. The molecule has 1 fully saturated rings. The first-order valence-corrected chi connectivity index (χ1v) is 10.0. The third kappa shape index (κ3) is 3.00. The number of piperidine rings is 1. The first kappa shape index (κ1) is 19.1. The molecular weight excluding hydrogens is 375 g/mol. The van der Waals surface area contributed by atoms with Crippen molar-refractivity contribution in [3.8, 4) is 0 Å². The molecule has 4 rings (SSSR count). The lowest BCUT2D eigenvalue weighted by Gasteiger charge is -2.34. The predicted molar refractivity (Wildman–Crippen MR) is 95.0 cm³/mol. The van der Waals surface area contributed by atoms with E-state index < -0.39 is 15.8 Å². The molecule has 3 unspecified atom stereocenters. The highest BCUT2D eigenvalue weighted by molar-refractivity contribution is 7.92. The summed E-state index contributed by atoms with van der Waals surface area (Å²) in [6, 6.07) is 11.0. The number of benzene rings is 2. The van der Waals surface area contributed by atoms with Gasteiger partial charge in [-0.3, -0.25) is 4.31 Å². The summed E-state index contributed by atoms with van der Waals surface area (Å²) in [7, 11) is -1.56. The third-order valence-corrected chi connectivity index (χ3v) is 7.24. The number of nitrogens with one attached hydrogen (secondary N) is 1. The first-order valence-electron chi connectivity index (χ1n) is 8.60. The van der Waals surface area contributed by atoms with Crippen LogP contribution in [0.4, 0.5) is 10.1 Å². The van der Waals surface area contributed by atoms with Crippen molar-refractivity contribution in [3.05, 3.63) is 59.4 Å². The van der Waals surface area contributed by atoms with Gasteiger partial charge in [0.1, 0.15) is 5.82 Å². The van der Waals surface area contributed by atoms with Crippen LogP contribution >= 0.6 is 0 Å². The van der Waals surface area contributed by atoms with E-state index in [-0.39, 0.29) is 29.3 Å². The second-order valence-corrected chi connectivity index (χ2v) is 9.01. The van der Waals surface area contributed by atoms with Crippen molar-refractivity contribution in [2.24, 2.45) is 0 Å². The number of aryl methyl sites for hydroxylation is 1. The molecule has 0 bridgehead atoms. The highest BCUT2D eigenvalue weighted by atomic mass is 35.5. The maximum atomic E-state index is 13.3. The van der Waals surface area contributed by atoms with Crippen LogP contribution in [0.3, 0.4) is 0 Å². The molecule has 7 heteroatoms. The van der Waals surface area contributed by atoms with Crippen molar-refractivity contribution >= 4 is 15.7 Å². The number of hydrogen-bond donors (Lipinski definition) is 1. The van der Waals surface area contributed by atoms with Gasteiger partial charge >= 0.3 is 0 Å². The molecule has 26 heavy (non-hydrogen) atoms. The van der Waals surface area contributed by atoms with Crippen LogP contribution in [-0.4, -0.2) is 34.6 Å². The van der Waals surface area contributed by atoms with E-state index in [9.17, 15) is 12.8 Å². The minimum atomic E-state index is -3.71. The summed E-state index contributed by atoms with van der Waals surface area (Å²) in [5.41, 5.74) is 3.04. The van der Waals surface area contributed by atoms with Crippen LogP contribution in [0.5, 0.6) is 0 Å². The molecule has 0 amide bonds. The number of sulfonamides is 1. The SMILES string of the molecule is Cc1ccc2c(c1)C1C[NH+](C)CCC1N2S(=O)(=O)c1ccc(F)cc1.[Cl-]. The van der Waals surface area contributed by atoms with Crippen LogP contribution in [-0.2, 0) is 10.0 Å². The average Bonchev–Trinajstić information content (AvgIpc) is 2.89. The van der Waals surface area contributed by atoms with Crippen LogP contribution in [0.2, 0.25) is 0 Å². The van der Waals surface area contributed by atoms with Gasteiger partial charge in [-0.2, -0.15) is 0 Å². The lowest BCUT2D eigenvalue weighted by atomic mass is 9.89. The Morgan fingerprint density at radius 1 is 1.15 bits per heavy atom. The molecule has 0 spiro atoms. The maximum Gasteiger partial charge on any atom is 0.264 e. The van der Waals surface area contributed by atoms with Gasteiger partial charge in [-0.15, -0.1) is 0 Å². The van der Waals surface area contributed by atoms with E-state index >= 15 is 0 Å². The lowest BCUT2D eigenvalue weighted by Crippen LogP contribution is -3.11. The molecule has 0 aliphatic carbocycles. The van der Waals surface area contributed by atoms with E-state index in [0.29, 0.717) is 0 Å². The number of likely N-dealkylation sites (tertiary alicyclic amines) is 1. The molecule has 2 aromatic carbocycles. The van der Waals surface area contributed by atoms with Crippen molar-refractivity contribution in [3.63, 3.8) is 0 Å². The number of likely N-dealkylation sites (N-methyl/N-ethyl adjacent to an activating group) is 1. The average molecular weight is 397 g/mol. The molecule has 2 heterocycles. The monoisotopic (exact) mass is 396 g/mol. The van der Waals surface area contributed by atoms with E-state index in [1.165, 1.54) is 29.2 Å². The molecule has 4 nitrogen and oxygen atoms in total. The van der Waals surface area contributed by atoms with Crippen molar-refractivity contribution in [2.45, 2.75) is 30.2 Å². The molecule has 2 aromatic rings. The van der Waals surface area contributed by atoms with Crippen LogP contribution in [0.15, 0.2) is 47.4 Å². The van der Waals surface area contributed by atoms with Crippen LogP contribution in [0.1, 0.15) is 23.5 Å². The van der Waals surface area contributed by atoms with Gasteiger partial charge in [0.25, 0.3) is 10.0 Å². The van der Waals surface area contributed by atoms with Crippen molar-refractivity contribution < 1.29 is 30.1 Å². The second kappa shape index (κ2) is 6.83. The zero-order valence-corrected chi connectivity index (χ0v) is 16.3. The van der Waals surface area contributed by atoms with Crippen LogP contribution < -0.4 is 21.6 Å². The lowest BCUT2D eigenvalue weighted by molar-refractivity contribution is -0.886. The van der Waals surface area contributed by atoms with Crippen LogP contribution in [0, 0.1) is 12.7 Å². The second-order valence-electron chi connectivity index (χ2n) is 7.19. The fourth-order valence-corrected chi connectivity index (χ4v) is 5.93. The molecule has 2 aliphatic rings. The summed E-state index contributed by atoms with van der Waals surface area (Å²) in [6.45, 7) is 3.91. The fraction of sp³-hybridized carbons (Fsp3) is 0.368. The number of quaternary nitrogens is 1. The topological polar surface area (TPSA) is 41.8 Å². The Morgan fingerprint density at radius 2 is 1.85 bits per heavy atom. The van der Waals surface area contributed by atoms with Crippen molar-refractivity contribution in [1.29, 1.82) is 0 Å². The molecule has 140 valence electrons. The number of fused-ring (bicyclic) bond motifs is 3. The zero-order valence-electron chi connectivity index (χ0n) is 14.7. The molecule has 0 saturated carbocycles. The van der Waals surface area contributed by atoms with Crippen molar-refractivity contribution in [1.82, 2.24) is 0 Å². The predicted octanol–water partition coefficient (Wildman–Crippen LogP) is -1.28. The minimum Gasteiger partial charge on any atom is -1.00 e. The van der Waals surface area contributed by atoms with Crippen LogP contribution in [0.25, 0.3) is 0 Å². The first-order chi connectivity index (χ1) is 11.9. The Kier molecular flexibility index (Phi) is 5.03. The Morgan fingerprint density at radius 3 is 2.54 bits per heavy atom. The molecule has 3 atom stereocenters. The summed E-state index contributed by atoms with van der Waals surface area (Å²) in [5.74, 6) is -0.226. The number of rotatable bonds is 2. The normalized spacial score (nSPS) is 24.6. The fourth-order valence-electron chi connectivity index (χ4n) is 4.19. The summed E-state index contributed by atoms with van der Waals surface area (Å²) in [5, 5.41) is 0. The van der Waals surface area contributed by atoms with E-state index in [2.05, 4.69) is 13.1 Å². The Bertz CT molecular complexity index is 918. The van der Waals surface area contributed by atoms with Gasteiger partial charge in [-0.05, 0) is 42.8 Å². The highest BCUT2D eigenvalue weighted by Crippen LogP contribution is 2.45. The summed E-state index contributed by atoms with van der Waals surface area (Å²) < 4.78 is 41.5. The highest BCUT2D eigenvalue weighted by Gasteiger charge is 2.48. The molecular formula is C19H22ClFN2O2S. The van der Waals surface area contributed by atoms with Gasteiger partial charge in [-0.25, -0.2) is 12.8 Å². The van der Waals surface area contributed by atoms with Crippen molar-refractivity contribution in [2.75, 3.05) is 24.4 Å². The Hall–Kier alpha value is -1.63. The molecule has 2 aliphatic heterocycles. The summed E-state index contributed by atoms with van der Waals surface area (Å²) in [4.78, 5) is 1.57. The van der Waals surface area contributed by atoms with Gasteiger partial charge in [0.15, 0.2) is 0 Å². The van der Waals surface area contributed by atoms with Gasteiger partial charge in [-0.1, -0.05) is 17.7 Å². The van der Waals surface area contributed by atoms with Gasteiger partial charge in [0.05, 0.1) is 42.7 Å². The number of anilines is 1. The molecule has 0 radical (unpaired) electrons. The minimum absolute atomic E-state index is 0. The Balaban J connectivity index is 0.00000196. The molecule has 1 N–H and O–H groups in total. The molecule has 0 aromatic heterocycles. The standard InChI is InChI=1S/C19H21FN2O2S.ClH/c1-13-3-8-18-16(11-13)17-12-21(2)10-9-19(17)22(18)25(23,24)15-6-4-14(20)5-7-15;/h3-8,11,17,19H,9-10,12H2,1-2H3;1H. The van der Waals surface area contributed by atoms with E-state index in [4.69, 9.17) is 0 Å². The van der Waals surface area contributed by atoms with Gasteiger partial charge in [0.2, 0.25) is 0 Å². The zero-order chi connectivity index (χ0) is 17.8. The van der Waals surface area contributed by atoms with E-state index in [1.807, 2.05) is 19.1 Å². The number of hydrogen-bond acceptors (Lipinski definition) is 2.